The van der Waals surface area contributed by atoms with E-state index in [1.165, 1.54) is 24.3 Å². The summed E-state index contributed by atoms with van der Waals surface area (Å²) in [6.07, 6.45) is -1.05. The molecule has 1 aliphatic rings. The fraction of sp³-hybridized carbons (Fsp3) is 0.300. The van der Waals surface area contributed by atoms with Crippen LogP contribution in [0.2, 0.25) is 0 Å². The molecule has 0 radical (unpaired) electrons. The summed E-state index contributed by atoms with van der Waals surface area (Å²) >= 11 is 0. The van der Waals surface area contributed by atoms with E-state index in [0.29, 0.717) is 37.6 Å². The van der Waals surface area contributed by atoms with Crippen molar-refractivity contribution in [3.8, 4) is 5.75 Å². The minimum atomic E-state index is -1.05. The minimum absolute atomic E-state index is 0.292. The lowest BCUT2D eigenvalue weighted by Gasteiger charge is -2.30. The molecule has 7 heteroatoms. The number of benzene rings is 2. The topological polar surface area (TPSA) is 65.1 Å². The van der Waals surface area contributed by atoms with Gasteiger partial charge < -0.3 is 19.1 Å². The van der Waals surface area contributed by atoms with E-state index in [1.807, 2.05) is 6.07 Å². The van der Waals surface area contributed by atoms with Gasteiger partial charge in [0.05, 0.1) is 13.2 Å². The molecule has 0 bridgehead atoms. The van der Waals surface area contributed by atoms with Crippen LogP contribution in [0.1, 0.15) is 11.7 Å². The molecule has 1 aliphatic heterocycles. The molecule has 27 heavy (non-hydrogen) atoms. The lowest BCUT2D eigenvalue weighted by molar-refractivity contribution is -0.164. The van der Waals surface area contributed by atoms with Crippen LogP contribution in [-0.4, -0.2) is 49.7 Å². The lowest BCUT2D eigenvalue weighted by Crippen LogP contribution is -2.44. The molecule has 0 aliphatic carbocycles. The highest BCUT2D eigenvalue weighted by atomic mass is 19.1. The van der Waals surface area contributed by atoms with Gasteiger partial charge in [0.2, 0.25) is 6.10 Å². The SMILES string of the molecule is O=C(COc1ccc(F)cc1)OC(C(=O)N1CCOCC1)c1ccccc1. The number of halogens is 1. The number of hydrogen-bond donors (Lipinski definition) is 0. The van der Waals surface area contributed by atoms with Gasteiger partial charge in [0.1, 0.15) is 11.6 Å². The third-order valence-corrected chi connectivity index (χ3v) is 4.07. The van der Waals surface area contributed by atoms with E-state index >= 15 is 0 Å². The smallest absolute Gasteiger partial charge is 0.345 e. The van der Waals surface area contributed by atoms with Gasteiger partial charge in [0.15, 0.2) is 6.61 Å². The van der Waals surface area contributed by atoms with Gasteiger partial charge in [-0.05, 0) is 24.3 Å². The molecule has 0 aromatic heterocycles. The predicted octanol–water partition coefficient (Wildman–Crippen LogP) is 2.35. The zero-order chi connectivity index (χ0) is 19.1. The summed E-state index contributed by atoms with van der Waals surface area (Å²) in [5.41, 5.74) is 0.587. The first-order chi connectivity index (χ1) is 13.1. The monoisotopic (exact) mass is 373 g/mol. The third-order valence-electron chi connectivity index (χ3n) is 4.07. The Bertz CT molecular complexity index is 760. The minimum Gasteiger partial charge on any atom is -0.482 e. The molecule has 2 aromatic carbocycles. The number of carbonyl (C=O) groups excluding carboxylic acids is 2. The summed E-state index contributed by atoms with van der Waals surface area (Å²) in [6, 6.07) is 14.1. The van der Waals surface area contributed by atoms with Crippen molar-refractivity contribution < 1.29 is 28.2 Å². The van der Waals surface area contributed by atoms with Gasteiger partial charge in [-0.3, -0.25) is 4.79 Å². The largest absolute Gasteiger partial charge is 0.482 e. The van der Waals surface area contributed by atoms with E-state index in [0.717, 1.165) is 0 Å². The molecular formula is C20H20FNO5. The summed E-state index contributed by atoms with van der Waals surface area (Å²) in [5, 5.41) is 0. The van der Waals surface area contributed by atoms with Crippen molar-refractivity contribution in [3.63, 3.8) is 0 Å². The summed E-state index contributed by atoms with van der Waals surface area (Å²) in [5.74, 6) is -1.04. The van der Waals surface area contributed by atoms with Crippen LogP contribution >= 0.6 is 0 Å². The average Bonchev–Trinajstić information content (AvgIpc) is 2.72. The second-order valence-electron chi connectivity index (χ2n) is 5.96. The molecule has 1 amide bonds. The summed E-state index contributed by atoms with van der Waals surface area (Å²) in [7, 11) is 0. The van der Waals surface area contributed by atoms with Crippen LogP contribution in [0, 0.1) is 5.82 Å². The van der Waals surface area contributed by atoms with Crippen molar-refractivity contribution in [2.24, 2.45) is 0 Å². The second kappa shape index (κ2) is 9.14. The maximum Gasteiger partial charge on any atom is 0.345 e. The van der Waals surface area contributed by atoms with E-state index < -0.39 is 17.9 Å². The normalized spacial score (nSPS) is 15.1. The summed E-state index contributed by atoms with van der Waals surface area (Å²) in [4.78, 5) is 26.7. The zero-order valence-electron chi connectivity index (χ0n) is 14.7. The Morgan fingerprint density at radius 1 is 1.04 bits per heavy atom. The van der Waals surface area contributed by atoms with Crippen LogP contribution in [0.4, 0.5) is 4.39 Å². The third kappa shape index (κ3) is 5.27. The molecule has 1 atom stereocenters. The number of morpholine rings is 1. The number of carbonyl (C=O) groups is 2. The number of nitrogens with zero attached hydrogens (tertiary/aromatic N) is 1. The van der Waals surface area contributed by atoms with E-state index in [4.69, 9.17) is 14.2 Å². The number of ether oxygens (including phenoxy) is 3. The second-order valence-corrected chi connectivity index (χ2v) is 5.96. The molecular weight excluding hydrogens is 353 g/mol. The fourth-order valence-electron chi connectivity index (χ4n) is 2.68. The first-order valence-corrected chi connectivity index (χ1v) is 8.63. The zero-order valence-corrected chi connectivity index (χ0v) is 14.7. The molecule has 142 valence electrons. The predicted molar refractivity (Wildman–Crippen MR) is 94.6 cm³/mol. The van der Waals surface area contributed by atoms with Gasteiger partial charge in [0.25, 0.3) is 5.91 Å². The molecule has 3 rings (SSSR count). The summed E-state index contributed by atoms with van der Waals surface area (Å²) in [6.45, 7) is 1.42. The van der Waals surface area contributed by atoms with Gasteiger partial charge >= 0.3 is 5.97 Å². The molecule has 0 saturated carbocycles. The molecule has 2 aromatic rings. The molecule has 1 saturated heterocycles. The molecule has 0 spiro atoms. The lowest BCUT2D eigenvalue weighted by atomic mass is 10.1. The molecule has 1 heterocycles. The number of rotatable bonds is 6. The van der Waals surface area contributed by atoms with Crippen LogP contribution in [-0.2, 0) is 19.1 Å². The maximum absolute atomic E-state index is 12.9. The molecule has 6 nitrogen and oxygen atoms in total. The van der Waals surface area contributed by atoms with Crippen LogP contribution in [0.5, 0.6) is 5.75 Å². The first-order valence-electron chi connectivity index (χ1n) is 8.63. The van der Waals surface area contributed by atoms with E-state index in [-0.39, 0.29) is 12.5 Å². The van der Waals surface area contributed by atoms with Gasteiger partial charge in [-0.1, -0.05) is 30.3 Å². The number of hydrogen-bond acceptors (Lipinski definition) is 5. The Balaban J connectivity index is 1.66. The van der Waals surface area contributed by atoms with Crippen molar-refractivity contribution in [2.75, 3.05) is 32.9 Å². The highest BCUT2D eigenvalue weighted by molar-refractivity contribution is 5.85. The average molecular weight is 373 g/mol. The van der Waals surface area contributed by atoms with Gasteiger partial charge in [0, 0.05) is 18.7 Å². The van der Waals surface area contributed by atoms with Crippen molar-refractivity contribution in [2.45, 2.75) is 6.10 Å². The Kier molecular flexibility index (Phi) is 6.38. The van der Waals surface area contributed by atoms with E-state index in [2.05, 4.69) is 0 Å². The Morgan fingerprint density at radius 3 is 2.37 bits per heavy atom. The van der Waals surface area contributed by atoms with E-state index in [9.17, 15) is 14.0 Å². The van der Waals surface area contributed by atoms with E-state index in [1.54, 1.807) is 29.2 Å². The van der Waals surface area contributed by atoms with Crippen LogP contribution in [0.3, 0.4) is 0 Å². The van der Waals surface area contributed by atoms with Crippen molar-refractivity contribution in [1.82, 2.24) is 4.90 Å². The Morgan fingerprint density at radius 2 is 1.70 bits per heavy atom. The van der Waals surface area contributed by atoms with Crippen molar-refractivity contribution in [3.05, 3.63) is 66.0 Å². The summed E-state index contributed by atoms with van der Waals surface area (Å²) < 4.78 is 28.9. The fourth-order valence-corrected chi connectivity index (χ4v) is 2.68. The molecule has 1 fully saturated rings. The quantitative estimate of drug-likeness (QED) is 0.728. The molecule has 1 unspecified atom stereocenters. The van der Waals surface area contributed by atoms with Crippen molar-refractivity contribution in [1.29, 1.82) is 0 Å². The van der Waals surface area contributed by atoms with Crippen LogP contribution in [0.25, 0.3) is 0 Å². The maximum atomic E-state index is 12.9. The van der Waals surface area contributed by atoms with Crippen molar-refractivity contribution >= 4 is 11.9 Å². The Labute approximate surface area is 156 Å². The standard InChI is InChI=1S/C20H20FNO5/c21-16-6-8-17(9-7-16)26-14-18(23)27-19(15-4-2-1-3-5-15)20(24)22-10-12-25-13-11-22/h1-9,19H,10-14H2. The highest BCUT2D eigenvalue weighted by Crippen LogP contribution is 2.21. The first kappa shape index (κ1) is 18.8. The van der Waals surface area contributed by atoms with Gasteiger partial charge in [-0.25, -0.2) is 9.18 Å². The molecule has 0 N–H and O–H groups in total. The van der Waals surface area contributed by atoms with Crippen LogP contribution in [0.15, 0.2) is 54.6 Å². The highest BCUT2D eigenvalue weighted by Gasteiger charge is 2.30. The van der Waals surface area contributed by atoms with Gasteiger partial charge in [-0.15, -0.1) is 0 Å². The number of amides is 1. The van der Waals surface area contributed by atoms with Crippen LogP contribution < -0.4 is 4.74 Å². The van der Waals surface area contributed by atoms with Gasteiger partial charge in [-0.2, -0.15) is 0 Å². The number of esters is 1. The Hall–Kier alpha value is -2.93.